The molecular weight excluding hydrogens is 334 g/mol. The van der Waals surface area contributed by atoms with E-state index in [0.717, 1.165) is 4.91 Å². The predicted molar refractivity (Wildman–Crippen MR) is 87.4 cm³/mol. The highest BCUT2D eigenvalue weighted by Gasteiger charge is 2.22. The Hall–Kier alpha value is -0.770. The highest BCUT2D eigenvalue weighted by Crippen LogP contribution is 2.55. The lowest BCUT2D eigenvalue weighted by atomic mass is 10.6. The molecule has 2 aliphatic heterocycles. The van der Waals surface area contributed by atoms with Gasteiger partial charge >= 0.3 is 12.0 Å². The Labute approximate surface area is 133 Å². The topological polar surface area (TPSA) is 57.1 Å². The molecule has 0 fully saturated rings. The molecule has 0 atom stereocenters. The number of hydrogen-bond donors (Lipinski definition) is 0. The number of hydrogen-bond acceptors (Lipinski definition) is 9. The average molecular weight is 343 g/mol. The van der Waals surface area contributed by atoms with Gasteiger partial charge < -0.3 is 9.47 Å². The monoisotopic (exact) mass is 343 g/mol. The van der Waals surface area contributed by atoms with Gasteiger partial charge in [0.1, 0.15) is 0 Å². The molecule has 1 aromatic rings. The molecule has 0 spiro atoms. The van der Waals surface area contributed by atoms with E-state index in [0.29, 0.717) is 5.82 Å². The number of thioether (sulfide) groups is 4. The zero-order chi connectivity index (χ0) is 13.9. The molecule has 0 aromatic carbocycles. The molecule has 3 rings (SSSR count). The fourth-order valence-electron chi connectivity index (χ4n) is 1.38. The van der Waals surface area contributed by atoms with Crippen LogP contribution in [0.3, 0.4) is 0 Å². The normalized spacial score (nSPS) is 17.6. The first kappa shape index (κ1) is 14.2. The Kier molecular flexibility index (Phi) is 4.49. The van der Waals surface area contributed by atoms with Gasteiger partial charge in [0.05, 0.1) is 27.6 Å². The standard InChI is InChI=1S/C11H9N3O2S4/c1-15-10-12-7(13-11(14-10)16-2)6-5-19-9(20-6)8-17-3-4-18-8/h3-5H,1-2H3. The summed E-state index contributed by atoms with van der Waals surface area (Å²) in [4.78, 5) is 13.5. The summed E-state index contributed by atoms with van der Waals surface area (Å²) in [6.45, 7) is 0. The van der Waals surface area contributed by atoms with E-state index >= 15 is 0 Å². The maximum absolute atomic E-state index is 5.07. The summed E-state index contributed by atoms with van der Waals surface area (Å²) in [7, 11) is 3.04. The second-order valence-electron chi connectivity index (χ2n) is 3.42. The first-order valence-corrected chi connectivity index (χ1v) is 8.87. The van der Waals surface area contributed by atoms with Crippen molar-refractivity contribution in [2.75, 3.05) is 14.2 Å². The number of ether oxygens (including phenoxy) is 2. The summed E-state index contributed by atoms with van der Waals surface area (Å²) >= 11 is 6.82. The minimum Gasteiger partial charge on any atom is -0.467 e. The summed E-state index contributed by atoms with van der Waals surface area (Å²) < 4.78 is 12.7. The van der Waals surface area contributed by atoms with Crippen molar-refractivity contribution in [1.82, 2.24) is 15.0 Å². The lowest BCUT2D eigenvalue weighted by Gasteiger charge is -2.05. The molecule has 2 aliphatic rings. The number of nitrogens with zero attached hydrogens (tertiary/aromatic N) is 3. The molecule has 20 heavy (non-hydrogen) atoms. The van der Waals surface area contributed by atoms with Crippen LogP contribution in [0.25, 0.3) is 4.91 Å². The van der Waals surface area contributed by atoms with E-state index in [1.807, 2.05) is 5.41 Å². The average Bonchev–Trinajstić information content (AvgIpc) is 3.17. The third kappa shape index (κ3) is 2.95. The number of aromatic nitrogens is 3. The first-order chi connectivity index (χ1) is 9.80. The molecule has 0 radical (unpaired) electrons. The highest BCUT2D eigenvalue weighted by atomic mass is 32.2. The third-order valence-corrected chi connectivity index (χ3v) is 7.24. The highest BCUT2D eigenvalue weighted by molar-refractivity contribution is 8.35. The maximum atomic E-state index is 5.07. The zero-order valence-corrected chi connectivity index (χ0v) is 13.8. The van der Waals surface area contributed by atoms with Crippen molar-refractivity contribution in [3.05, 3.63) is 30.5 Å². The fourth-order valence-corrected chi connectivity index (χ4v) is 5.76. The number of methoxy groups -OCH3 is 2. The predicted octanol–water partition coefficient (Wildman–Crippen LogP) is 3.75. The van der Waals surface area contributed by atoms with Gasteiger partial charge in [0, 0.05) is 0 Å². The molecular formula is C11H9N3O2S4. The molecule has 104 valence electrons. The van der Waals surface area contributed by atoms with Crippen LogP contribution in [-0.4, -0.2) is 29.2 Å². The Morgan fingerprint density at radius 1 is 0.850 bits per heavy atom. The lowest BCUT2D eigenvalue weighted by molar-refractivity contribution is 0.339. The van der Waals surface area contributed by atoms with Gasteiger partial charge in [-0.2, -0.15) is 9.97 Å². The maximum Gasteiger partial charge on any atom is 0.322 e. The summed E-state index contributed by atoms with van der Waals surface area (Å²) in [6.07, 6.45) is 0. The largest absolute Gasteiger partial charge is 0.467 e. The van der Waals surface area contributed by atoms with E-state index in [2.05, 4.69) is 25.8 Å². The molecule has 0 saturated heterocycles. The molecule has 0 bridgehead atoms. The van der Waals surface area contributed by atoms with Crippen LogP contribution in [0.1, 0.15) is 5.82 Å². The van der Waals surface area contributed by atoms with Gasteiger partial charge in [-0.25, -0.2) is 0 Å². The lowest BCUT2D eigenvalue weighted by Crippen LogP contribution is -2.02. The van der Waals surface area contributed by atoms with Gasteiger partial charge in [-0.3, -0.25) is 0 Å². The molecule has 0 amide bonds. The van der Waals surface area contributed by atoms with Crippen LogP contribution in [0.4, 0.5) is 0 Å². The summed E-state index contributed by atoms with van der Waals surface area (Å²) in [5.74, 6) is 0.572. The van der Waals surface area contributed by atoms with E-state index in [9.17, 15) is 0 Å². The van der Waals surface area contributed by atoms with Crippen LogP contribution in [0.2, 0.25) is 0 Å². The zero-order valence-electron chi connectivity index (χ0n) is 10.5. The van der Waals surface area contributed by atoms with Crippen molar-refractivity contribution in [3.63, 3.8) is 0 Å². The molecule has 3 heterocycles. The third-order valence-electron chi connectivity index (χ3n) is 2.23. The second kappa shape index (κ2) is 6.33. The van der Waals surface area contributed by atoms with E-state index in [1.54, 1.807) is 47.0 Å². The van der Waals surface area contributed by atoms with Gasteiger partial charge in [0.25, 0.3) is 0 Å². The van der Waals surface area contributed by atoms with E-state index in [4.69, 9.17) is 9.47 Å². The van der Waals surface area contributed by atoms with Gasteiger partial charge in [-0.05, 0) is 16.2 Å². The first-order valence-electron chi connectivity index (χ1n) is 5.42. The quantitative estimate of drug-likeness (QED) is 0.816. The van der Waals surface area contributed by atoms with Crippen LogP contribution in [0.5, 0.6) is 12.0 Å². The molecule has 9 heteroatoms. The Morgan fingerprint density at radius 2 is 1.50 bits per heavy atom. The Balaban J connectivity index is 1.85. The van der Waals surface area contributed by atoms with Crippen molar-refractivity contribution in [1.29, 1.82) is 0 Å². The smallest absolute Gasteiger partial charge is 0.322 e. The Morgan fingerprint density at radius 3 is 2.10 bits per heavy atom. The SMILES string of the molecule is COc1nc(OC)nc(C2=CSC(=C3SC=CS3)S2)n1. The summed E-state index contributed by atoms with van der Waals surface area (Å²) in [5, 5.41) is 6.21. The molecule has 0 N–H and O–H groups in total. The molecule has 1 aromatic heterocycles. The van der Waals surface area contributed by atoms with E-state index in [-0.39, 0.29) is 12.0 Å². The fraction of sp³-hybridized carbons (Fsp3) is 0.182. The van der Waals surface area contributed by atoms with Crippen molar-refractivity contribution in [3.8, 4) is 12.0 Å². The molecule has 0 aliphatic carbocycles. The van der Waals surface area contributed by atoms with E-state index < -0.39 is 0 Å². The van der Waals surface area contributed by atoms with Crippen molar-refractivity contribution < 1.29 is 9.47 Å². The van der Waals surface area contributed by atoms with Crippen LogP contribution in [0, 0.1) is 0 Å². The van der Waals surface area contributed by atoms with Crippen molar-refractivity contribution in [2.45, 2.75) is 0 Å². The van der Waals surface area contributed by atoms with Gasteiger partial charge in [-0.1, -0.05) is 47.0 Å². The van der Waals surface area contributed by atoms with Crippen molar-refractivity contribution in [2.24, 2.45) is 0 Å². The van der Waals surface area contributed by atoms with Gasteiger partial charge in [0.15, 0.2) is 5.82 Å². The van der Waals surface area contributed by atoms with Crippen LogP contribution in [-0.2, 0) is 0 Å². The van der Waals surface area contributed by atoms with Gasteiger partial charge in [-0.15, -0.1) is 4.98 Å². The molecule has 5 nitrogen and oxygen atoms in total. The van der Waals surface area contributed by atoms with Crippen LogP contribution in [0.15, 0.2) is 24.7 Å². The van der Waals surface area contributed by atoms with Gasteiger partial charge in [0.2, 0.25) is 0 Å². The van der Waals surface area contributed by atoms with Crippen LogP contribution >= 0.6 is 47.0 Å². The van der Waals surface area contributed by atoms with Crippen LogP contribution < -0.4 is 9.47 Å². The summed E-state index contributed by atoms with van der Waals surface area (Å²) in [6, 6.07) is 0.511. The Bertz CT molecular complexity index is 598. The minimum atomic E-state index is 0.255. The number of rotatable bonds is 3. The van der Waals surface area contributed by atoms with E-state index in [1.165, 1.54) is 22.7 Å². The van der Waals surface area contributed by atoms with Crippen molar-refractivity contribution >= 4 is 52.0 Å². The molecule has 0 unspecified atom stereocenters. The summed E-state index contributed by atoms with van der Waals surface area (Å²) in [5.41, 5.74) is 0. The second-order valence-corrected chi connectivity index (χ2v) is 7.70. The molecule has 0 saturated carbocycles. The minimum absolute atomic E-state index is 0.255.